The Morgan fingerprint density at radius 3 is 2.42 bits per heavy atom. The molecule has 2 rings (SSSR count). The molecule has 0 atom stereocenters. The minimum Gasteiger partial charge on any atom is -0.491 e. The molecular formula is C19H29NO4. The minimum absolute atomic E-state index is 0.0292. The van der Waals surface area contributed by atoms with Gasteiger partial charge in [0.25, 0.3) is 5.91 Å². The molecule has 1 N–H and O–H groups in total. The van der Waals surface area contributed by atoms with Gasteiger partial charge in [0.2, 0.25) is 0 Å². The topological polar surface area (TPSA) is 56.8 Å². The van der Waals surface area contributed by atoms with Crippen LogP contribution in [0.3, 0.4) is 0 Å². The van der Waals surface area contributed by atoms with E-state index in [9.17, 15) is 4.79 Å². The normalized spacial score (nSPS) is 16.1. The van der Waals surface area contributed by atoms with Crippen molar-refractivity contribution in [2.75, 3.05) is 31.7 Å². The molecule has 0 aromatic heterocycles. The number of hydrogen-bond acceptors (Lipinski definition) is 4. The van der Waals surface area contributed by atoms with Crippen molar-refractivity contribution in [3.63, 3.8) is 0 Å². The summed E-state index contributed by atoms with van der Waals surface area (Å²) in [6.45, 7) is 6.43. The molecule has 1 aliphatic carbocycles. The first-order valence-corrected chi connectivity index (χ1v) is 8.96. The van der Waals surface area contributed by atoms with Crippen LogP contribution in [0.5, 0.6) is 5.75 Å². The Labute approximate surface area is 144 Å². The summed E-state index contributed by atoms with van der Waals surface area (Å²) in [5.41, 5.74) is 0.117. The Morgan fingerprint density at radius 1 is 1.08 bits per heavy atom. The van der Waals surface area contributed by atoms with Gasteiger partial charge in [-0.15, -0.1) is 0 Å². The summed E-state index contributed by atoms with van der Waals surface area (Å²) in [7, 11) is 0. The number of amides is 1. The summed E-state index contributed by atoms with van der Waals surface area (Å²) in [5, 5.41) is 2.99. The first-order chi connectivity index (χ1) is 11.7. The molecule has 1 aliphatic rings. The van der Waals surface area contributed by atoms with E-state index < -0.39 is 5.60 Å². The lowest BCUT2D eigenvalue weighted by atomic mass is 10.0. The largest absolute Gasteiger partial charge is 0.491 e. The van der Waals surface area contributed by atoms with E-state index in [0.717, 1.165) is 43.5 Å². The Balaban J connectivity index is 1.88. The zero-order valence-electron chi connectivity index (χ0n) is 14.8. The lowest BCUT2D eigenvalue weighted by Gasteiger charge is -2.28. The quantitative estimate of drug-likeness (QED) is 0.661. The van der Waals surface area contributed by atoms with Crippen molar-refractivity contribution in [3.8, 4) is 5.75 Å². The van der Waals surface area contributed by atoms with Crippen LogP contribution in [0.2, 0.25) is 0 Å². The van der Waals surface area contributed by atoms with Crippen LogP contribution in [0.25, 0.3) is 0 Å². The van der Waals surface area contributed by atoms with Crippen molar-refractivity contribution in [1.29, 1.82) is 0 Å². The average Bonchev–Trinajstić information content (AvgIpc) is 3.08. The zero-order valence-corrected chi connectivity index (χ0v) is 14.8. The van der Waals surface area contributed by atoms with E-state index in [1.54, 1.807) is 0 Å². The van der Waals surface area contributed by atoms with Gasteiger partial charge in [-0.3, -0.25) is 4.79 Å². The van der Waals surface area contributed by atoms with Crippen LogP contribution >= 0.6 is 0 Å². The van der Waals surface area contributed by atoms with E-state index in [-0.39, 0.29) is 5.91 Å². The molecule has 0 heterocycles. The summed E-state index contributed by atoms with van der Waals surface area (Å²) >= 11 is 0. The highest BCUT2D eigenvalue weighted by molar-refractivity contribution is 5.97. The molecule has 0 aliphatic heterocycles. The first kappa shape index (κ1) is 18.7. The van der Waals surface area contributed by atoms with Crippen LogP contribution in [-0.2, 0) is 14.3 Å². The molecule has 1 amide bonds. The summed E-state index contributed by atoms with van der Waals surface area (Å²) in [6.07, 6.45) is 4.62. The van der Waals surface area contributed by atoms with Gasteiger partial charge in [-0.25, -0.2) is 0 Å². The third-order valence-corrected chi connectivity index (χ3v) is 4.22. The van der Waals surface area contributed by atoms with Crippen LogP contribution in [0, 0.1) is 0 Å². The van der Waals surface area contributed by atoms with Crippen molar-refractivity contribution in [3.05, 3.63) is 24.3 Å². The predicted molar refractivity (Wildman–Crippen MR) is 94.5 cm³/mol. The number of carbonyl (C=O) groups is 1. The predicted octanol–water partition coefficient (Wildman–Crippen LogP) is 3.78. The third kappa shape index (κ3) is 5.21. The fourth-order valence-electron chi connectivity index (χ4n) is 2.92. The van der Waals surface area contributed by atoms with Crippen LogP contribution in [0.1, 0.15) is 46.0 Å². The van der Waals surface area contributed by atoms with Crippen LogP contribution < -0.4 is 10.1 Å². The zero-order chi connectivity index (χ0) is 17.3. The molecule has 1 fully saturated rings. The van der Waals surface area contributed by atoms with Crippen LogP contribution in [0.4, 0.5) is 5.69 Å². The molecule has 0 bridgehead atoms. The Kier molecular flexibility index (Phi) is 7.53. The summed E-state index contributed by atoms with van der Waals surface area (Å²) in [5.74, 6) is 0.740. The second-order valence-corrected chi connectivity index (χ2v) is 6.07. The maximum absolute atomic E-state index is 12.7. The smallest absolute Gasteiger partial charge is 0.256 e. The Morgan fingerprint density at radius 2 is 1.79 bits per heavy atom. The average molecular weight is 335 g/mol. The fourth-order valence-corrected chi connectivity index (χ4v) is 2.92. The van der Waals surface area contributed by atoms with E-state index in [0.29, 0.717) is 26.4 Å². The fraction of sp³-hybridized carbons (Fsp3) is 0.632. The lowest BCUT2D eigenvalue weighted by molar-refractivity contribution is -0.140. The Hall–Kier alpha value is -1.59. The van der Waals surface area contributed by atoms with Gasteiger partial charge in [-0.2, -0.15) is 0 Å². The maximum Gasteiger partial charge on any atom is 0.256 e. The van der Waals surface area contributed by atoms with Crippen LogP contribution in [-0.4, -0.2) is 37.9 Å². The second kappa shape index (κ2) is 9.64. The molecule has 5 heteroatoms. The maximum atomic E-state index is 12.7. The standard InChI is InChI=1S/C19H29NO4/c1-3-13-24-19(11-5-6-12-19)18(21)20-16-7-9-17(10-8-16)23-15-14-22-4-2/h7-10H,3-6,11-15H2,1-2H3,(H,20,21). The van der Waals surface area contributed by atoms with Crippen LogP contribution in [0.15, 0.2) is 24.3 Å². The van der Waals surface area contributed by atoms with Gasteiger partial charge in [0.05, 0.1) is 6.61 Å². The minimum atomic E-state index is -0.650. The summed E-state index contributed by atoms with van der Waals surface area (Å²) < 4.78 is 16.7. The van der Waals surface area contributed by atoms with Crippen molar-refractivity contribution >= 4 is 11.6 Å². The van der Waals surface area contributed by atoms with Crippen molar-refractivity contribution in [2.45, 2.75) is 51.6 Å². The molecule has 5 nitrogen and oxygen atoms in total. The first-order valence-electron chi connectivity index (χ1n) is 8.96. The van der Waals surface area contributed by atoms with Crippen molar-refractivity contribution in [1.82, 2.24) is 0 Å². The van der Waals surface area contributed by atoms with Gasteiger partial charge in [-0.05, 0) is 63.3 Å². The van der Waals surface area contributed by atoms with E-state index in [1.165, 1.54) is 0 Å². The monoisotopic (exact) mass is 335 g/mol. The molecule has 1 saturated carbocycles. The van der Waals surface area contributed by atoms with E-state index in [1.807, 2.05) is 31.2 Å². The molecular weight excluding hydrogens is 306 g/mol. The molecule has 0 saturated heterocycles. The number of anilines is 1. The Bertz CT molecular complexity index is 495. The number of rotatable bonds is 10. The van der Waals surface area contributed by atoms with E-state index in [2.05, 4.69) is 12.2 Å². The number of ether oxygens (including phenoxy) is 3. The van der Waals surface area contributed by atoms with Gasteiger partial charge in [0.15, 0.2) is 0 Å². The van der Waals surface area contributed by atoms with Gasteiger partial charge in [0, 0.05) is 18.9 Å². The molecule has 1 aromatic rings. The van der Waals surface area contributed by atoms with E-state index in [4.69, 9.17) is 14.2 Å². The van der Waals surface area contributed by atoms with E-state index >= 15 is 0 Å². The molecule has 24 heavy (non-hydrogen) atoms. The van der Waals surface area contributed by atoms with Crippen molar-refractivity contribution in [2.24, 2.45) is 0 Å². The molecule has 1 aromatic carbocycles. The van der Waals surface area contributed by atoms with Crippen molar-refractivity contribution < 1.29 is 19.0 Å². The highest BCUT2D eigenvalue weighted by atomic mass is 16.5. The second-order valence-electron chi connectivity index (χ2n) is 6.07. The molecule has 0 radical (unpaired) electrons. The molecule has 134 valence electrons. The third-order valence-electron chi connectivity index (χ3n) is 4.22. The SMILES string of the molecule is CCCOC1(C(=O)Nc2ccc(OCCOCC)cc2)CCCC1. The number of hydrogen-bond donors (Lipinski definition) is 1. The highest BCUT2D eigenvalue weighted by Gasteiger charge is 2.42. The summed E-state index contributed by atoms with van der Waals surface area (Å²) in [6, 6.07) is 7.43. The summed E-state index contributed by atoms with van der Waals surface area (Å²) in [4.78, 5) is 12.7. The van der Waals surface area contributed by atoms with Gasteiger partial charge >= 0.3 is 0 Å². The highest BCUT2D eigenvalue weighted by Crippen LogP contribution is 2.34. The number of benzene rings is 1. The van der Waals surface area contributed by atoms with Gasteiger partial charge in [0.1, 0.15) is 18.0 Å². The molecule has 0 unspecified atom stereocenters. The van der Waals surface area contributed by atoms with Gasteiger partial charge < -0.3 is 19.5 Å². The molecule has 0 spiro atoms. The lowest BCUT2D eigenvalue weighted by Crippen LogP contribution is -2.43. The number of carbonyl (C=O) groups excluding carboxylic acids is 1. The van der Waals surface area contributed by atoms with Gasteiger partial charge in [-0.1, -0.05) is 6.92 Å². The number of nitrogens with one attached hydrogen (secondary N) is 1.